The summed E-state index contributed by atoms with van der Waals surface area (Å²) in [5.74, 6) is -0.889. The van der Waals surface area contributed by atoms with Crippen molar-refractivity contribution in [2.75, 3.05) is 5.75 Å². The first-order valence-electron chi connectivity index (χ1n) is 9.37. The molecular weight excluding hydrogens is 479 g/mol. The van der Waals surface area contributed by atoms with Gasteiger partial charge in [0.15, 0.2) is 16.5 Å². The smallest absolute Gasteiger partial charge is 0.406 e. The topological polar surface area (TPSA) is 74.1 Å². The molecule has 0 radical (unpaired) electrons. The first-order chi connectivity index (χ1) is 15.7. The lowest BCUT2D eigenvalue weighted by Gasteiger charge is -2.13. The van der Waals surface area contributed by atoms with Gasteiger partial charge in [-0.15, -0.1) is 13.2 Å². The molecule has 11 heteroatoms. The van der Waals surface area contributed by atoms with Gasteiger partial charge in [0, 0.05) is 16.8 Å². The third-order valence-electron chi connectivity index (χ3n) is 4.43. The van der Waals surface area contributed by atoms with E-state index in [2.05, 4.69) is 14.7 Å². The van der Waals surface area contributed by atoms with Crippen molar-refractivity contribution < 1.29 is 22.7 Å². The number of carbonyl (C=O) groups is 1. The minimum absolute atomic E-state index is 0.106. The van der Waals surface area contributed by atoms with E-state index in [1.54, 1.807) is 36.4 Å². The fourth-order valence-electron chi connectivity index (χ4n) is 2.97. The first kappa shape index (κ1) is 22.8. The molecule has 0 aliphatic rings. The third kappa shape index (κ3) is 5.35. The SMILES string of the molecule is O=C(CSc1nc2cccnc2c(=O)n1-c1ccc(Cl)cc1)c1ccc(OC(F)(F)F)cc1. The molecule has 6 nitrogen and oxygen atoms in total. The van der Waals surface area contributed by atoms with Gasteiger partial charge in [0.25, 0.3) is 5.56 Å². The van der Waals surface area contributed by atoms with Crippen LogP contribution in [-0.4, -0.2) is 32.4 Å². The number of rotatable bonds is 6. The van der Waals surface area contributed by atoms with E-state index >= 15 is 0 Å². The van der Waals surface area contributed by atoms with Crippen LogP contribution in [0.3, 0.4) is 0 Å². The molecule has 168 valence electrons. The van der Waals surface area contributed by atoms with Crippen molar-refractivity contribution in [3.05, 3.63) is 87.8 Å². The lowest BCUT2D eigenvalue weighted by atomic mass is 10.1. The normalized spacial score (nSPS) is 11.5. The van der Waals surface area contributed by atoms with Crippen LogP contribution in [0.1, 0.15) is 10.4 Å². The first-order valence-corrected chi connectivity index (χ1v) is 10.7. The van der Waals surface area contributed by atoms with Crippen molar-refractivity contribution in [1.29, 1.82) is 0 Å². The number of pyridine rings is 1. The lowest BCUT2D eigenvalue weighted by Crippen LogP contribution is -2.23. The molecule has 0 fully saturated rings. The summed E-state index contributed by atoms with van der Waals surface area (Å²) in [6, 6.07) is 14.4. The summed E-state index contributed by atoms with van der Waals surface area (Å²) >= 11 is 6.98. The number of nitrogens with zero attached hydrogens (tertiary/aromatic N) is 3. The highest BCUT2D eigenvalue weighted by Crippen LogP contribution is 2.25. The van der Waals surface area contributed by atoms with Gasteiger partial charge in [-0.1, -0.05) is 23.4 Å². The molecule has 0 bridgehead atoms. The fraction of sp³-hybridized carbons (Fsp3) is 0.0909. The second-order valence-corrected chi connectivity index (χ2v) is 8.05. The molecule has 2 aromatic heterocycles. The molecule has 4 aromatic rings. The molecule has 0 amide bonds. The quantitative estimate of drug-likeness (QED) is 0.207. The van der Waals surface area contributed by atoms with E-state index in [-0.39, 0.29) is 27.8 Å². The molecule has 4 rings (SSSR count). The Kier molecular flexibility index (Phi) is 6.39. The summed E-state index contributed by atoms with van der Waals surface area (Å²) in [4.78, 5) is 34.4. The van der Waals surface area contributed by atoms with Gasteiger partial charge in [0.1, 0.15) is 5.75 Å². The Morgan fingerprint density at radius 1 is 1.06 bits per heavy atom. The number of halogens is 4. The van der Waals surface area contributed by atoms with Gasteiger partial charge < -0.3 is 4.74 Å². The number of ether oxygens (including phenoxy) is 1. The van der Waals surface area contributed by atoms with Crippen LogP contribution in [0.25, 0.3) is 16.7 Å². The number of alkyl halides is 3. The molecule has 0 aliphatic heterocycles. The minimum Gasteiger partial charge on any atom is -0.406 e. The van der Waals surface area contributed by atoms with Crippen molar-refractivity contribution in [2.24, 2.45) is 0 Å². The summed E-state index contributed by atoms with van der Waals surface area (Å²) < 4.78 is 42.1. The van der Waals surface area contributed by atoms with Crippen LogP contribution >= 0.6 is 23.4 Å². The Morgan fingerprint density at radius 2 is 1.76 bits per heavy atom. The van der Waals surface area contributed by atoms with Crippen molar-refractivity contribution in [3.63, 3.8) is 0 Å². The van der Waals surface area contributed by atoms with Crippen molar-refractivity contribution in [1.82, 2.24) is 14.5 Å². The second-order valence-electron chi connectivity index (χ2n) is 6.67. The Labute approximate surface area is 194 Å². The number of ketones is 1. The molecule has 0 unspecified atom stereocenters. The van der Waals surface area contributed by atoms with Crippen LogP contribution in [0, 0.1) is 0 Å². The van der Waals surface area contributed by atoms with E-state index < -0.39 is 17.7 Å². The van der Waals surface area contributed by atoms with Crippen LogP contribution in [0.4, 0.5) is 13.2 Å². The molecule has 0 saturated carbocycles. The molecular formula is C22H13ClF3N3O3S. The van der Waals surface area contributed by atoms with E-state index in [4.69, 9.17) is 11.6 Å². The van der Waals surface area contributed by atoms with Gasteiger partial charge in [0.05, 0.1) is 17.0 Å². The Hall–Kier alpha value is -3.37. The highest BCUT2D eigenvalue weighted by Gasteiger charge is 2.31. The molecule has 0 atom stereocenters. The minimum atomic E-state index is -4.82. The van der Waals surface area contributed by atoms with E-state index in [1.807, 2.05) is 0 Å². The molecule has 2 heterocycles. The number of hydrogen-bond donors (Lipinski definition) is 0. The number of benzene rings is 2. The zero-order chi connectivity index (χ0) is 23.6. The Morgan fingerprint density at radius 3 is 2.42 bits per heavy atom. The number of fused-ring (bicyclic) bond motifs is 1. The van der Waals surface area contributed by atoms with E-state index in [0.29, 0.717) is 16.2 Å². The van der Waals surface area contributed by atoms with Crippen molar-refractivity contribution in [3.8, 4) is 11.4 Å². The van der Waals surface area contributed by atoms with Gasteiger partial charge in [-0.2, -0.15) is 0 Å². The van der Waals surface area contributed by atoms with E-state index in [0.717, 1.165) is 23.9 Å². The summed E-state index contributed by atoms with van der Waals surface area (Å²) in [7, 11) is 0. The molecule has 33 heavy (non-hydrogen) atoms. The highest BCUT2D eigenvalue weighted by molar-refractivity contribution is 7.99. The van der Waals surface area contributed by atoms with Gasteiger partial charge >= 0.3 is 6.36 Å². The van der Waals surface area contributed by atoms with Gasteiger partial charge in [-0.3, -0.25) is 14.2 Å². The number of aromatic nitrogens is 3. The molecule has 0 aliphatic carbocycles. The number of Topliss-reactive ketones (excluding diaryl/α,β-unsaturated/α-hetero) is 1. The molecule has 2 aromatic carbocycles. The summed E-state index contributed by atoms with van der Waals surface area (Å²) in [6.07, 6.45) is -3.33. The number of hydrogen-bond acceptors (Lipinski definition) is 6. The van der Waals surface area contributed by atoms with E-state index in [9.17, 15) is 22.8 Å². The van der Waals surface area contributed by atoms with Crippen LogP contribution in [0.5, 0.6) is 5.75 Å². The van der Waals surface area contributed by atoms with Crippen LogP contribution in [0.2, 0.25) is 5.02 Å². The Balaban J connectivity index is 1.63. The maximum Gasteiger partial charge on any atom is 0.573 e. The maximum atomic E-state index is 13.1. The van der Waals surface area contributed by atoms with Crippen molar-refractivity contribution in [2.45, 2.75) is 11.5 Å². The van der Waals surface area contributed by atoms with Crippen LogP contribution in [0.15, 0.2) is 76.8 Å². The van der Waals surface area contributed by atoms with E-state index in [1.165, 1.54) is 22.9 Å². The second kappa shape index (κ2) is 9.24. The third-order valence-corrected chi connectivity index (χ3v) is 5.62. The van der Waals surface area contributed by atoms with Crippen LogP contribution in [-0.2, 0) is 0 Å². The average molecular weight is 492 g/mol. The molecule has 0 N–H and O–H groups in total. The number of thioether (sulfide) groups is 1. The fourth-order valence-corrected chi connectivity index (χ4v) is 4.00. The Bertz CT molecular complexity index is 1370. The standard InChI is InChI=1S/C22H13ClF3N3O3S/c23-14-5-7-15(8-6-14)29-20(31)19-17(2-1-11-27-19)28-21(29)33-12-18(30)13-3-9-16(10-4-13)32-22(24,25)26/h1-11H,12H2. The van der Waals surface area contributed by atoms with Gasteiger partial charge in [0.2, 0.25) is 0 Å². The zero-order valence-electron chi connectivity index (χ0n) is 16.5. The van der Waals surface area contributed by atoms with Gasteiger partial charge in [-0.05, 0) is 60.7 Å². The lowest BCUT2D eigenvalue weighted by molar-refractivity contribution is -0.274. The molecule has 0 saturated heterocycles. The highest BCUT2D eigenvalue weighted by atomic mass is 35.5. The van der Waals surface area contributed by atoms with Crippen LogP contribution < -0.4 is 10.3 Å². The predicted molar refractivity (Wildman–Crippen MR) is 118 cm³/mol. The van der Waals surface area contributed by atoms with Gasteiger partial charge in [-0.25, -0.2) is 9.97 Å². The van der Waals surface area contributed by atoms with Crippen molar-refractivity contribution >= 4 is 40.2 Å². The average Bonchev–Trinajstić information content (AvgIpc) is 2.78. The summed E-state index contributed by atoms with van der Waals surface area (Å²) in [5, 5.41) is 0.745. The monoisotopic (exact) mass is 491 g/mol. The zero-order valence-corrected chi connectivity index (χ0v) is 18.1. The number of carbonyl (C=O) groups excluding carboxylic acids is 1. The summed E-state index contributed by atoms with van der Waals surface area (Å²) in [5.41, 5.74) is 0.819. The maximum absolute atomic E-state index is 13.1. The largest absolute Gasteiger partial charge is 0.573 e. The molecule has 0 spiro atoms. The summed E-state index contributed by atoms with van der Waals surface area (Å²) in [6.45, 7) is 0. The predicted octanol–water partition coefficient (Wildman–Crippen LogP) is 5.31.